The molecule has 1 saturated carbocycles. The maximum atomic E-state index is 10.8. The molecule has 0 aliphatic heterocycles. The molecular weight excluding hydrogens is 302 g/mol. The molecule has 1 N–H and O–H groups in total. The zero-order valence-electron chi connectivity index (χ0n) is 9.78. The number of aliphatic carboxylic acids is 1. The van der Waals surface area contributed by atoms with Crippen molar-refractivity contribution in [2.45, 2.75) is 25.8 Å². The number of halogens is 1. The van der Waals surface area contributed by atoms with Gasteiger partial charge in [-0.1, -0.05) is 0 Å². The number of hydrogen-bond donors (Lipinski definition) is 1. The first kappa shape index (κ1) is 13.1. The van der Waals surface area contributed by atoms with Crippen LogP contribution >= 0.6 is 27.3 Å². The van der Waals surface area contributed by atoms with Gasteiger partial charge in [0.05, 0.1) is 6.42 Å². The largest absolute Gasteiger partial charge is 0.481 e. The number of nitrogens with zero attached hydrogens (tertiary/aromatic N) is 1. The van der Waals surface area contributed by atoms with Crippen molar-refractivity contribution in [3.05, 3.63) is 20.8 Å². The Balaban J connectivity index is 1.85. The molecule has 0 bridgehead atoms. The molecule has 0 unspecified atom stereocenters. The van der Waals surface area contributed by atoms with Crippen molar-refractivity contribution in [3.8, 4) is 0 Å². The van der Waals surface area contributed by atoms with E-state index in [2.05, 4.69) is 39.3 Å². The summed E-state index contributed by atoms with van der Waals surface area (Å²) in [4.78, 5) is 14.3. The molecule has 94 valence electrons. The van der Waals surface area contributed by atoms with Crippen molar-refractivity contribution >= 4 is 33.2 Å². The molecule has 1 heterocycles. The van der Waals surface area contributed by atoms with Crippen LogP contribution in [0.1, 0.15) is 24.1 Å². The molecule has 2 rings (SSSR count). The third kappa shape index (κ3) is 3.79. The maximum Gasteiger partial charge on any atom is 0.303 e. The number of carbonyl (C=O) groups is 1. The van der Waals surface area contributed by atoms with E-state index < -0.39 is 5.97 Å². The van der Waals surface area contributed by atoms with Crippen LogP contribution < -0.4 is 0 Å². The standard InChI is InChI=1S/C12H16BrNO2S/c1-14(6-10-4-9(13)7-17-10)8-12(2-3-12)5-11(15)16/h4,7H,2-3,5-6,8H2,1H3,(H,15,16). The molecule has 0 radical (unpaired) electrons. The summed E-state index contributed by atoms with van der Waals surface area (Å²) in [5.41, 5.74) is 0.0507. The normalized spacial score (nSPS) is 17.4. The lowest BCUT2D eigenvalue weighted by molar-refractivity contribution is -0.138. The first-order valence-corrected chi connectivity index (χ1v) is 7.30. The van der Waals surface area contributed by atoms with Crippen LogP contribution in [0, 0.1) is 5.41 Å². The molecule has 0 spiro atoms. The number of thiophene rings is 1. The predicted octanol–water partition coefficient (Wildman–Crippen LogP) is 3.20. The second-order valence-electron chi connectivity index (χ2n) is 4.97. The summed E-state index contributed by atoms with van der Waals surface area (Å²) < 4.78 is 1.12. The molecule has 17 heavy (non-hydrogen) atoms. The van der Waals surface area contributed by atoms with Gasteiger partial charge in [-0.3, -0.25) is 4.79 Å². The molecule has 0 aromatic carbocycles. The summed E-state index contributed by atoms with van der Waals surface area (Å²) in [5, 5.41) is 10.9. The minimum absolute atomic E-state index is 0.0507. The second-order valence-corrected chi connectivity index (χ2v) is 6.89. The van der Waals surface area contributed by atoms with E-state index in [9.17, 15) is 4.79 Å². The lowest BCUT2D eigenvalue weighted by Crippen LogP contribution is -2.27. The third-order valence-corrected chi connectivity index (χ3v) is 4.82. The minimum Gasteiger partial charge on any atom is -0.481 e. The monoisotopic (exact) mass is 317 g/mol. The third-order valence-electron chi connectivity index (χ3n) is 3.14. The molecule has 1 aliphatic rings. The first-order chi connectivity index (χ1) is 7.99. The van der Waals surface area contributed by atoms with Gasteiger partial charge in [-0.05, 0) is 47.3 Å². The van der Waals surface area contributed by atoms with Crippen LogP contribution in [0.5, 0.6) is 0 Å². The van der Waals surface area contributed by atoms with E-state index in [-0.39, 0.29) is 5.41 Å². The Hall–Kier alpha value is -0.390. The highest BCUT2D eigenvalue weighted by Crippen LogP contribution is 2.49. The minimum atomic E-state index is -0.672. The fourth-order valence-electron chi connectivity index (χ4n) is 2.22. The lowest BCUT2D eigenvalue weighted by atomic mass is 10.0. The Morgan fingerprint density at radius 2 is 2.35 bits per heavy atom. The first-order valence-electron chi connectivity index (χ1n) is 5.62. The average Bonchev–Trinajstić information content (AvgIpc) is 2.80. The van der Waals surface area contributed by atoms with E-state index in [0.717, 1.165) is 30.4 Å². The summed E-state index contributed by atoms with van der Waals surface area (Å²) in [6.07, 6.45) is 2.42. The summed E-state index contributed by atoms with van der Waals surface area (Å²) in [6.45, 7) is 1.78. The molecule has 1 aromatic rings. The predicted molar refractivity (Wildman–Crippen MR) is 72.3 cm³/mol. The molecule has 0 amide bonds. The van der Waals surface area contributed by atoms with Crippen molar-refractivity contribution < 1.29 is 9.90 Å². The van der Waals surface area contributed by atoms with Crippen molar-refractivity contribution in [1.82, 2.24) is 4.90 Å². The number of rotatable bonds is 6. The smallest absolute Gasteiger partial charge is 0.303 e. The van der Waals surface area contributed by atoms with Crippen molar-refractivity contribution in [2.75, 3.05) is 13.6 Å². The van der Waals surface area contributed by atoms with E-state index in [1.807, 2.05) is 0 Å². The summed E-state index contributed by atoms with van der Waals surface area (Å²) in [6, 6.07) is 2.12. The van der Waals surface area contributed by atoms with Gasteiger partial charge in [0.1, 0.15) is 0 Å². The van der Waals surface area contributed by atoms with Crippen LogP contribution in [-0.2, 0) is 11.3 Å². The summed E-state index contributed by atoms with van der Waals surface area (Å²) >= 11 is 5.18. The molecule has 3 nitrogen and oxygen atoms in total. The van der Waals surface area contributed by atoms with Gasteiger partial charge in [-0.25, -0.2) is 0 Å². The van der Waals surface area contributed by atoms with Gasteiger partial charge in [-0.15, -0.1) is 11.3 Å². The number of hydrogen-bond acceptors (Lipinski definition) is 3. The van der Waals surface area contributed by atoms with Gasteiger partial charge in [0.15, 0.2) is 0 Å². The number of carboxylic acid groups (broad SMARTS) is 1. The van der Waals surface area contributed by atoms with Crippen LogP contribution in [0.4, 0.5) is 0 Å². The molecule has 1 fully saturated rings. The fraction of sp³-hybridized carbons (Fsp3) is 0.583. The molecule has 5 heteroatoms. The van der Waals surface area contributed by atoms with Crippen molar-refractivity contribution in [1.29, 1.82) is 0 Å². The van der Waals surface area contributed by atoms with E-state index in [4.69, 9.17) is 5.11 Å². The van der Waals surface area contributed by atoms with Crippen molar-refractivity contribution in [3.63, 3.8) is 0 Å². The molecule has 1 aliphatic carbocycles. The fourth-order valence-corrected chi connectivity index (χ4v) is 3.75. The highest BCUT2D eigenvalue weighted by molar-refractivity contribution is 9.10. The highest BCUT2D eigenvalue weighted by Gasteiger charge is 2.44. The number of carboxylic acids is 1. The maximum absolute atomic E-state index is 10.8. The summed E-state index contributed by atoms with van der Waals surface area (Å²) in [7, 11) is 2.07. The van der Waals surface area contributed by atoms with Gasteiger partial charge < -0.3 is 10.0 Å². The molecule has 0 atom stereocenters. The quantitative estimate of drug-likeness (QED) is 0.876. The van der Waals surface area contributed by atoms with Crippen LogP contribution in [0.2, 0.25) is 0 Å². The highest BCUT2D eigenvalue weighted by atomic mass is 79.9. The lowest BCUT2D eigenvalue weighted by Gasteiger charge is -2.21. The van der Waals surface area contributed by atoms with E-state index in [1.54, 1.807) is 11.3 Å². The van der Waals surface area contributed by atoms with Gasteiger partial charge in [0, 0.05) is 27.8 Å². The molecule has 1 aromatic heterocycles. The van der Waals surface area contributed by atoms with Gasteiger partial charge in [-0.2, -0.15) is 0 Å². The van der Waals surface area contributed by atoms with Crippen LogP contribution in [0.25, 0.3) is 0 Å². The van der Waals surface area contributed by atoms with Crippen molar-refractivity contribution in [2.24, 2.45) is 5.41 Å². The Morgan fingerprint density at radius 1 is 1.65 bits per heavy atom. The van der Waals surface area contributed by atoms with E-state index in [0.29, 0.717) is 6.42 Å². The molecule has 0 saturated heterocycles. The van der Waals surface area contributed by atoms with E-state index in [1.165, 1.54) is 4.88 Å². The Labute approximate surface area is 114 Å². The second kappa shape index (κ2) is 5.08. The average molecular weight is 318 g/mol. The van der Waals surface area contributed by atoms with Crippen LogP contribution in [0.3, 0.4) is 0 Å². The van der Waals surface area contributed by atoms with Gasteiger partial charge >= 0.3 is 5.97 Å². The van der Waals surface area contributed by atoms with Crippen LogP contribution in [0.15, 0.2) is 15.9 Å². The van der Waals surface area contributed by atoms with Gasteiger partial charge in [0.25, 0.3) is 0 Å². The zero-order chi connectivity index (χ0) is 12.5. The van der Waals surface area contributed by atoms with Gasteiger partial charge in [0.2, 0.25) is 0 Å². The zero-order valence-corrected chi connectivity index (χ0v) is 12.2. The SMILES string of the molecule is CN(Cc1cc(Br)cs1)CC1(CC(=O)O)CC1. The van der Waals surface area contributed by atoms with Crippen LogP contribution in [-0.4, -0.2) is 29.6 Å². The Morgan fingerprint density at radius 3 is 2.82 bits per heavy atom. The summed E-state index contributed by atoms with van der Waals surface area (Å²) in [5.74, 6) is -0.672. The Bertz CT molecular complexity index is 414. The van der Waals surface area contributed by atoms with E-state index >= 15 is 0 Å². The molecular formula is C12H16BrNO2S. The Kier molecular flexibility index (Phi) is 3.90. The topological polar surface area (TPSA) is 40.5 Å².